The number of ether oxygens (including phenoxy) is 1. The molecular weight excluding hydrogens is 276 g/mol. The molecule has 1 saturated carbocycles. The van der Waals surface area contributed by atoms with E-state index in [2.05, 4.69) is 24.1 Å². The van der Waals surface area contributed by atoms with Crippen LogP contribution < -0.4 is 5.32 Å². The zero-order valence-electron chi connectivity index (χ0n) is 14.9. The van der Waals surface area contributed by atoms with Gasteiger partial charge in [0.25, 0.3) is 0 Å². The monoisotopic (exact) mass is 310 g/mol. The van der Waals surface area contributed by atoms with E-state index in [1.807, 2.05) is 13.8 Å². The highest BCUT2D eigenvalue weighted by Gasteiger charge is 2.41. The summed E-state index contributed by atoms with van der Waals surface area (Å²) in [6.45, 7) is 11.9. The fourth-order valence-corrected chi connectivity index (χ4v) is 4.01. The Balaban J connectivity index is 1.72. The lowest BCUT2D eigenvalue weighted by Crippen LogP contribution is -2.45. The molecule has 1 N–H and O–H groups in total. The third-order valence-corrected chi connectivity index (χ3v) is 5.20. The van der Waals surface area contributed by atoms with E-state index in [1.54, 1.807) is 0 Å². The molecule has 0 aromatic carbocycles. The topological polar surface area (TPSA) is 41.6 Å². The summed E-state index contributed by atoms with van der Waals surface area (Å²) in [6.07, 6.45) is 6.84. The van der Waals surface area contributed by atoms with Crippen LogP contribution in [0.15, 0.2) is 0 Å². The molecule has 1 saturated heterocycles. The summed E-state index contributed by atoms with van der Waals surface area (Å²) in [7, 11) is 0. The Morgan fingerprint density at radius 1 is 1.23 bits per heavy atom. The Morgan fingerprint density at radius 2 is 1.91 bits per heavy atom. The van der Waals surface area contributed by atoms with E-state index >= 15 is 0 Å². The molecule has 2 aliphatic rings. The second-order valence-electron chi connectivity index (χ2n) is 7.99. The molecule has 1 aliphatic carbocycles. The van der Waals surface area contributed by atoms with Crippen LogP contribution in [0.3, 0.4) is 0 Å². The third kappa shape index (κ3) is 5.24. The van der Waals surface area contributed by atoms with E-state index in [1.165, 1.54) is 32.1 Å². The van der Waals surface area contributed by atoms with Crippen molar-refractivity contribution in [3.05, 3.63) is 0 Å². The summed E-state index contributed by atoms with van der Waals surface area (Å²) in [4.78, 5) is 14.2. The zero-order valence-corrected chi connectivity index (χ0v) is 14.9. The molecule has 1 aliphatic heterocycles. The summed E-state index contributed by atoms with van der Waals surface area (Å²) < 4.78 is 5.81. The van der Waals surface area contributed by atoms with Gasteiger partial charge in [-0.3, -0.25) is 9.69 Å². The Bertz CT molecular complexity index is 360. The third-order valence-electron chi connectivity index (χ3n) is 5.20. The number of nitrogens with zero attached hydrogens (tertiary/aromatic N) is 1. The highest BCUT2D eigenvalue weighted by molar-refractivity contribution is 5.78. The molecule has 0 radical (unpaired) electrons. The van der Waals surface area contributed by atoms with Crippen molar-refractivity contribution in [2.75, 3.05) is 26.2 Å². The molecule has 1 heterocycles. The van der Waals surface area contributed by atoms with Crippen LogP contribution in [0.25, 0.3) is 0 Å². The Labute approximate surface area is 136 Å². The number of hydrogen-bond acceptors (Lipinski definition) is 3. The normalized spacial score (nSPS) is 25.3. The largest absolute Gasteiger partial charge is 0.379 e. The van der Waals surface area contributed by atoms with Crippen molar-refractivity contribution >= 4 is 5.91 Å². The van der Waals surface area contributed by atoms with Crippen LogP contribution in [0.1, 0.15) is 59.8 Å². The van der Waals surface area contributed by atoms with E-state index in [-0.39, 0.29) is 11.9 Å². The number of hydrogen-bond donors (Lipinski definition) is 1. The van der Waals surface area contributed by atoms with E-state index in [0.717, 1.165) is 25.6 Å². The lowest BCUT2D eigenvalue weighted by atomic mass is 9.76. The number of carbonyl (C=O) groups excluding carboxylic acids is 1. The smallest absolute Gasteiger partial charge is 0.234 e. The molecule has 4 heteroatoms. The van der Waals surface area contributed by atoms with Crippen LogP contribution in [0.5, 0.6) is 0 Å². The van der Waals surface area contributed by atoms with Gasteiger partial charge in [0, 0.05) is 12.6 Å². The molecule has 2 rings (SSSR count). The summed E-state index contributed by atoms with van der Waals surface area (Å²) >= 11 is 0. The van der Waals surface area contributed by atoms with Gasteiger partial charge in [0.2, 0.25) is 5.91 Å². The van der Waals surface area contributed by atoms with Gasteiger partial charge in [0.05, 0.1) is 12.6 Å². The Kier molecular flexibility index (Phi) is 6.27. The lowest BCUT2D eigenvalue weighted by Gasteiger charge is -2.39. The molecule has 4 nitrogen and oxygen atoms in total. The van der Waals surface area contributed by atoms with Crippen molar-refractivity contribution in [1.29, 1.82) is 0 Å². The summed E-state index contributed by atoms with van der Waals surface area (Å²) in [5.41, 5.74) is 0.538. The van der Waals surface area contributed by atoms with Gasteiger partial charge in [-0.05, 0) is 84.2 Å². The molecule has 0 aromatic heterocycles. The van der Waals surface area contributed by atoms with E-state index in [9.17, 15) is 4.79 Å². The molecule has 1 spiro atoms. The van der Waals surface area contributed by atoms with E-state index in [4.69, 9.17) is 4.74 Å². The van der Waals surface area contributed by atoms with Crippen molar-refractivity contribution in [2.45, 2.75) is 71.9 Å². The molecule has 1 amide bonds. The summed E-state index contributed by atoms with van der Waals surface area (Å²) in [5.74, 6) is 0.916. The van der Waals surface area contributed by atoms with Crippen LogP contribution in [-0.4, -0.2) is 49.2 Å². The Morgan fingerprint density at radius 3 is 2.50 bits per heavy atom. The minimum atomic E-state index is 0.167. The first-order valence-corrected chi connectivity index (χ1v) is 9.02. The van der Waals surface area contributed by atoms with Crippen molar-refractivity contribution in [3.63, 3.8) is 0 Å². The van der Waals surface area contributed by atoms with Gasteiger partial charge >= 0.3 is 0 Å². The Hall–Kier alpha value is -0.610. The molecule has 22 heavy (non-hydrogen) atoms. The minimum Gasteiger partial charge on any atom is -0.379 e. The highest BCUT2D eigenvalue weighted by atomic mass is 16.5. The predicted octanol–water partition coefficient (Wildman–Crippen LogP) is 2.82. The fourth-order valence-electron chi connectivity index (χ4n) is 4.01. The van der Waals surface area contributed by atoms with Crippen LogP contribution >= 0.6 is 0 Å². The van der Waals surface area contributed by atoms with Crippen molar-refractivity contribution < 1.29 is 9.53 Å². The molecule has 0 aromatic rings. The lowest BCUT2D eigenvalue weighted by molar-refractivity contribution is -0.123. The van der Waals surface area contributed by atoms with Gasteiger partial charge in [0.1, 0.15) is 0 Å². The van der Waals surface area contributed by atoms with Gasteiger partial charge in [-0.1, -0.05) is 0 Å². The fraction of sp³-hybridized carbons (Fsp3) is 0.944. The van der Waals surface area contributed by atoms with Gasteiger partial charge in [-0.2, -0.15) is 0 Å². The molecule has 128 valence electrons. The highest BCUT2D eigenvalue weighted by Crippen LogP contribution is 2.48. The summed E-state index contributed by atoms with van der Waals surface area (Å²) in [6, 6.07) is 0.236. The van der Waals surface area contributed by atoms with Crippen molar-refractivity contribution in [3.8, 4) is 0 Å². The van der Waals surface area contributed by atoms with Crippen LogP contribution in [0, 0.1) is 11.3 Å². The van der Waals surface area contributed by atoms with Crippen molar-refractivity contribution in [2.24, 2.45) is 11.3 Å². The zero-order chi connectivity index (χ0) is 16.2. The SMILES string of the molecule is CC(C)NC(=O)CN1CCC2(CC[C@@H](COC(C)C)C2)CC1. The minimum absolute atomic E-state index is 0.167. The number of carbonyl (C=O) groups is 1. The molecule has 1 atom stereocenters. The average molecular weight is 310 g/mol. The summed E-state index contributed by atoms with van der Waals surface area (Å²) in [5, 5.41) is 2.99. The van der Waals surface area contributed by atoms with Gasteiger partial charge < -0.3 is 10.1 Å². The number of likely N-dealkylation sites (tertiary alicyclic amines) is 1. The second kappa shape index (κ2) is 7.78. The van der Waals surface area contributed by atoms with E-state index < -0.39 is 0 Å². The molecule has 0 bridgehead atoms. The molecular formula is C18H34N2O2. The number of nitrogens with one attached hydrogen (secondary N) is 1. The molecule has 2 fully saturated rings. The maximum atomic E-state index is 11.9. The first-order valence-electron chi connectivity index (χ1n) is 9.02. The van der Waals surface area contributed by atoms with Gasteiger partial charge in [0.15, 0.2) is 0 Å². The average Bonchev–Trinajstić information content (AvgIpc) is 2.82. The van der Waals surface area contributed by atoms with E-state index in [0.29, 0.717) is 18.1 Å². The maximum Gasteiger partial charge on any atom is 0.234 e. The predicted molar refractivity (Wildman–Crippen MR) is 89.8 cm³/mol. The molecule has 0 unspecified atom stereocenters. The standard InChI is InChI=1S/C18H34N2O2/c1-14(2)19-17(21)12-20-9-7-18(8-10-20)6-5-16(11-18)13-22-15(3)4/h14-16H,5-13H2,1-4H3,(H,19,21)/t16-/m1/s1. The van der Waals surface area contributed by atoms with Crippen LogP contribution in [-0.2, 0) is 9.53 Å². The van der Waals surface area contributed by atoms with Crippen LogP contribution in [0.2, 0.25) is 0 Å². The van der Waals surface area contributed by atoms with Crippen LogP contribution in [0.4, 0.5) is 0 Å². The first-order chi connectivity index (χ1) is 10.4. The van der Waals surface area contributed by atoms with Gasteiger partial charge in [-0.15, -0.1) is 0 Å². The quantitative estimate of drug-likeness (QED) is 0.820. The number of piperidine rings is 1. The first kappa shape index (κ1) is 17.7. The van der Waals surface area contributed by atoms with Crippen molar-refractivity contribution in [1.82, 2.24) is 10.2 Å². The van der Waals surface area contributed by atoms with Gasteiger partial charge in [-0.25, -0.2) is 0 Å². The number of amides is 1. The maximum absolute atomic E-state index is 11.9. The second-order valence-corrected chi connectivity index (χ2v) is 7.99. The number of rotatable bonds is 6.